The Kier molecular flexibility index (Phi) is 4.74. The summed E-state index contributed by atoms with van der Waals surface area (Å²) in [5, 5.41) is 9.66. The van der Waals surface area contributed by atoms with Gasteiger partial charge in [0.2, 0.25) is 11.7 Å². The molecule has 3 heterocycles. The number of thioether (sulfide) groups is 1. The zero-order valence-corrected chi connectivity index (χ0v) is 19.1. The highest BCUT2D eigenvalue weighted by molar-refractivity contribution is 8.00. The Balaban J connectivity index is 1.39. The lowest BCUT2D eigenvalue weighted by Crippen LogP contribution is -2.30. The number of benzene rings is 3. The van der Waals surface area contributed by atoms with Crippen LogP contribution in [0.1, 0.15) is 0 Å². The normalized spacial score (nSPS) is 12.7. The summed E-state index contributed by atoms with van der Waals surface area (Å²) in [7, 11) is 1.68. The summed E-state index contributed by atoms with van der Waals surface area (Å²) in [6.45, 7) is 0. The zero-order chi connectivity index (χ0) is 22.5. The number of aromatic nitrogens is 4. The molecule has 1 aliphatic heterocycles. The van der Waals surface area contributed by atoms with Crippen LogP contribution in [0.5, 0.6) is 0 Å². The average molecular weight is 472 g/mol. The van der Waals surface area contributed by atoms with Gasteiger partial charge in [-0.05, 0) is 36.4 Å². The Morgan fingerprint density at radius 1 is 0.909 bits per heavy atom. The quantitative estimate of drug-likeness (QED) is 0.361. The van der Waals surface area contributed by atoms with Crippen molar-refractivity contribution in [3.8, 4) is 0 Å². The Hall–Kier alpha value is -3.56. The van der Waals surface area contributed by atoms with Crippen LogP contribution in [0.2, 0.25) is 0 Å². The fraction of sp³-hybridized carbons (Fsp3) is 0.0833. The molecular weight excluding hydrogens is 454 g/mol. The van der Waals surface area contributed by atoms with Crippen LogP contribution in [-0.4, -0.2) is 30.8 Å². The van der Waals surface area contributed by atoms with Crippen molar-refractivity contribution >= 4 is 57.5 Å². The number of carbonyl (C=O) groups is 1. The van der Waals surface area contributed by atoms with E-state index < -0.39 is 0 Å². The third-order valence-electron chi connectivity index (χ3n) is 5.60. The van der Waals surface area contributed by atoms with Gasteiger partial charge in [0, 0.05) is 16.8 Å². The van der Waals surface area contributed by atoms with Gasteiger partial charge < -0.3 is 0 Å². The first-order valence-corrected chi connectivity index (χ1v) is 12.1. The average Bonchev–Trinajstić information content (AvgIpc) is 3.28. The second-order valence-electron chi connectivity index (χ2n) is 7.55. The summed E-state index contributed by atoms with van der Waals surface area (Å²) in [6.07, 6.45) is 0. The van der Waals surface area contributed by atoms with Crippen LogP contribution in [0.4, 0.5) is 11.4 Å². The van der Waals surface area contributed by atoms with Gasteiger partial charge in [0.15, 0.2) is 5.16 Å². The topological polar surface area (TPSA) is 72.5 Å². The number of carbonyl (C=O) groups excluding carboxylic acids is 1. The van der Waals surface area contributed by atoms with Crippen molar-refractivity contribution in [2.75, 3.05) is 10.7 Å². The number of hydrogen-bond acceptors (Lipinski definition) is 6. The molecule has 3 aromatic carbocycles. The summed E-state index contributed by atoms with van der Waals surface area (Å²) < 4.78 is 3.32. The van der Waals surface area contributed by atoms with Crippen LogP contribution in [0.3, 0.4) is 0 Å². The Bertz CT molecular complexity index is 1580. The maximum atomic E-state index is 13.5. The fourth-order valence-corrected chi connectivity index (χ4v) is 5.92. The lowest BCUT2D eigenvalue weighted by Gasteiger charge is -2.30. The smallest absolute Gasteiger partial charge is 0.262 e. The van der Waals surface area contributed by atoms with E-state index in [-0.39, 0.29) is 17.2 Å². The lowest BCUT2D eigenvalue weighted by molar-refractivity contribution is -0.115. The number of para-hydroxylation sites is 3. The van der Waals surface area contributed by atoms with E-state index in [9.17, 15) is 9.59 Å². The second-order valence-corrected chi connectivity index (χ2v) is 9.58. The minimum atomic E-state index is -0.128. The van der Waals surface area contributed by atoms with E-state index in [1.165, 1.54) is 16.3 Å². The molecule has 33 heavy (non-hydrogen) atoms. The number of hydrogen-bond donors (Lipinski definition) is 0. The molecule has 7 nitrogen and oxygen atoms in total. The fourth-order valence-electron chi connectivity index (χ4n) is 4.07. The monoisotopic (exact) mass is 471 g/mol. The third kappa shape index (κ3) is 3.15. The van der Waals surface area contributed by atoms with Gasteiger partial charge in [0.05, 0.1) is 28.0 Å². The van der Waals surface area contributed by atoms with Gasteiger partial charge >= 0.3 is 0 Å². The van der Waals surface area contributed by atoms with Crippen molar-refractivity contribution in [1.82, 2.24) is 19.2 Å². The molecule has 1 amide bonds. The number of rotatable bonds is 3. The van der Waals surface area contributed by atoms with Crippen molar-refractivity contribution in [1.29, 1.82) is 0 Å². The summed E-state index contributed by atoms with van der Waals surface area (Å²) in [5.74, 6) is 0.565. The third-order valence-corrected chi connectivity index (χ3v) is 7.65. The number of nitrogens with zero attached hydrogens (tertiary/aromatic N) is 5. The largest absolute Gasteiger partial charge is 0.279 e. The molecule has 0 saturated carbocycles. The Morgan fingerprint density at radius 2 is 1.55 bits per heavy atom. The minimum absolute atomic E-state index is 0.0499. The van der Waals surface area contributed by atoms with E-state index in [1.54, 1.807) is 29.8 Å². The van der Waals surface area contributed by atoms with E-state index in [2.05, 4.69) is 10.2 Å². The van der Waals surface area contributed by atoms with E-state index >= 15 is 0 Å². The summed E-state index contributed by atoms with van der Waals surface area (Å²) in [4.78, 5) is 30.1. The van der Waals surface area contributed by atoms with Gasteiger partial charge in [-0.3, -0.25) is 23.5 Å². The van der Waals surface area contributed by atoms with Gasteiger partial charge in [0.1, 0.15) is 0 Å². The molecule has 0 spiro atoms. The predicted octanol–water partition coefficient (Wildman–Crippen LogP) is 4.50. The van der Waals surface area contributed by atoms with Crippen LogP contribution in [0.25, 0.3) is 16.7 Å². The van der Waals surface area contributed by atoms with Crippen molar-refractivity contribution in [3.05, 3.63) is 83.2 Å². The highest BCUT2D eigenvalue weighted by atomic mass is 32.2. The maximum Gasteiger partial charge on any atom is 0.262 e. The molecule has 0 N–H and O–H groups in total. The Morgan fingerprint density at radius 3 is 2.27 bits per heavy atom. The van der Waals surface area contributed by atoms with Crippen molar-refractivity contribution < 1.29 is 4.79 Å². The van der Waals surface area contributed by atoms with Crippen LogP contribution in [0.15, 0.2) is 92.5 Å². The summed E-state index contributed by atoms with van der Waals surface area (Å²) in [5.41, 5.74) is 2.36. The molecule has 0 aliphatic carbocycles. The van der Waals surface area contributed by atoms with Crippen LogP contribution >= 0.6 is 23.5 Å². The van der Waals surface area contributed by atoms with Crippen LogP contribution in [-0.2, 0) is 11.8 Å². The molecular formula is C24H17N5O2S2. The van der Waals surface area contributed by atoms with Crippen LogP contribution in [0, 0.1) is 0 Å². The number of anilines is 2. The summed E-state index contributed by atoms with van der Waals surface area (Å²) in [6, 6.07) is 23.2. The Labute approximate surface area is 197 Å². The van der Waals surface area contributed by atoms with E-state index in [1.807, 2.05) is 71.1 Å². The zero-order valence-electron chi connectivity index (χ0n) is 17.5. The first-order valence-electron chi connectivity index (χ1n) is 10.3. The second kappa shape index (κ2) is 7.79. The van der Waals surface area contributed by atoms with Gasteiger partial charge in [0.25, 0.3) is 5.56 Å². The van der Waals surface area contributed by atoms with Crippen molar-refractivity contribution in [2.45, 2.75) is 14.9 Å². The molecule has 0 radical (unpaired) electrons. The van der Waals surface area contributed by atoms with Crippen molar-refractivity contribution in [3.63, 3.8) is 0 Å². The number of amides is 1. The maximum absolute atomic E-state index is 13.5. The van der Waals surface area contributed by atoms with Crippen LogP contribution < -0.4 is 10.5 Å². The van der Waals surface area contributed by atoms with Crippen molar-refractivity contribution in [2.24, 2.45) is 7.05 Å². The standard InChI is InChI=1S/C24H17N5O2S2/c1-27-22(31)15-8-2-3-9-16(15)29-23(27)25-26-24(29)32-14-21(30)28-17-10-4-6-12-19(17)33-20-13-7-5-11-18(20)28/h2-13H,14H2,1H3. The van der Waals surface area contributed by atoms with E-state index in [0.29, 0.717) is 16.3 Å². The molecule has 0 bridgehead atoms. The molecule has 5 aromatic rings. The summed E-state index contributed by atoms with van der Waals surface area (Å²) >= 11 is 2.98. The van der Waals surface area contributed by atoms with Gasteiger partial charge in [-0.1, -0.05) is 59.9 Å². The van der Waals surface area contributed by atoms with Gasteiger partial charge in [-0.2, -0.15) is 0 Å². The SMILES string of the molecule is Cn1c(=O)c2ccccc2n2c(SCC(=O)N3c4ccccc4Sc4ccccc43)nnc12. The molecule has 2 aromatic heterocycles. The number of aryl methyl sites for hydroxylation is 1. The highest BCUT2D eigenvalue weighted by Gasteiger charge is 2.28. The molecule has 162 valence electrons. The molecule has 0 atom stereocenters. The number of fused-ring (bicyclic) bond motifs is 5. The predicted molar refractivity (Wildman–Crippen MR) is 131 cm³/mol. The van der Waals surface area contributed by atoms with E-state index in [4.69, 9.17) is 0 Å². The first kappa shape index (κ1) is 20.1. The molecule has 0 fully saturated rings. The molecule has 6 rings (SSSR count). The molecule has 0 unspecified atom stereocenters. The van der Waals surface area contributed by atoms with Gasteiger partial charge in [-0.25, -0.2) is 0 Å². The van der Waals surface area contributed by atoms with Gasteiger partial charge in [-0.15, -0.1) is 10.2 Å². The first-order chi connectivity index (χ1) is 16.1. The minimum Gasteiger partial charge on any atom is -0.279 e. The lowest BCUT2D eigenvalue weighted by atomic mass is 10.2. The highest BCUT2D eigenvalue weighted by Crippen LogP contribution is 2.48. The van der Waals surface area contributed by atoms with E-state index in [0.717, 1.165) is 26.7 Å². The molecule has 1 aliphatic rings. The molecule has 0 saturated heterocycles. The molecule has 9 heteroatoms.